The number of rotatable bonds is 2. The molecule has 0 unspecified atom stereocenters. The first-order valence-corrected chi connectivity index (χ1v) is 4.30. The van der Waals surface area contributed by atoms with E-state index < -0.39 is 0 Å². The lowest BCUT2D eigenvalue weighted by Gasteiger charge is -1.98. The molecule has 0 saturated carbocycles. The molecule has 1 heterocycles. The molecule has 1 aromatic rings. The van der Waals surface area contributed by atoms with Gasteiger partial charge in [-0.2, -0.15) is 5.10 Å². The van der Waals surface area contributed by atoms with Crippen LogP contribution in [0.3, 0.4) is 0 Å². The van der Waals surface area contributed by atoms with Gasteiger partial charge in [0, 0.05) is 12.6 Å². The Kier molecular flexibility index (Phi) is 2.53. The van der Waals surface area contributed by atoms with E-state index in [-0.39, 0.29) is 0 Å². The maximum Gasteiger partial charge on any atom is 0.125 e. The molecular weight excluding hydrogens is 241 g/mol. The molecule has 0 atom stereocenters. The maximum absolute atomic E-state index is 5.62. The van der Waals surface area contributed by atoms with Crippen molar-refractivity contribution in [3.05, 3.63) is 9.77 Å². The molecule has 0 bridgehead atoms. The fraction of sp³-hybridized carbons (Fsp3) is 0.500. The molecule has 4 heteroatoms. The highest BCUT2D eigenvalue weighted by Crippen LogP contribution is 2.08. The third kappa shape index (κ3) is 1.62. The van der Waals surface area contributed by atoms with Crippen LogP contribution in [0.25, 0.3) is 0 Å². The summed E-state index contributed by atoms with van der Waals surface area (Å²) < 4.78 is 2.78. The van der Waals surface area contributed by atoms with Crippen molar-refractivity contribution in [1.82, 2.24) is 9.78 Å². The van der Waals surface area contributed by atoms with Crippen molar-refractivity contribution in [1.29, 1.82) is 0 Å². The molecule has 2 N–H and O–H groups in total. The highest BCUT2D eigenvalue weighted by molar-refractivity contribution is 14.1. The van der Waals surface area contributed by atoms with E-state index in [0.29, 0.717) is 0 Å². The summed E-state index contributed by atoms with van der Waals surface area (Å²) in [4.78, 5) is 0. The van der Waals surface area contributed by atoms with Gasteiger partial charge in [0.15, 0.2) is 0 Å². The normalized spacial score (nSPS) is 10.2. The Hall–Kier alpha value is -0.260. The van der Waals surface area contributed by atoms with Crippen molar-refractivity contribution in [2.45, 2.75) is 19.9 Å². The highest BCUT2D eigenvalue weighted by Gasteiger charge is 1.99. The Bertz CT molecular complexity index is 219. The van der Waals surface area contributed by atoms with Gasteiger partial charge in [0.1, 0.15) is 9.52 Å². The molecule has 0 fully saturated rings. The Morgan fingerprint density at radius 2 is 2.50 bits per heavy atom. The van der Waals surface area contributed by atoms with Gasteiger partial charge in [0.25, 0.3) is 0 Å². The van der Waals surface area contributed by atoms with Crippen molar-refractivity contribution in [3.63, 3.8) is 0 Å². The molecule has 0 aromatic carbocycles. The summed E-state index contributed by atoms with van der Waals surface area (Å²) in [6, 6.07) is 1.87. The van der Waals surface area contributed by atoms with Gasteiger partial charge in [-0.05, 0) is 29.0 Å². The number of anilines is 1. The van der Waals surface area contributed by atoms with Gasteiger partial charge in [-0.1, -0.05) is 6.92 Å². The van der Waals surface area contributed by atoms with Crippen LogP contribution in [0, 0.1) is 3.70 Å². The first kappa shape index (κ1) is 7.84. The van der Waals surface area contributed by atoms with E-state index in [9.17, 15) is 0 Å². The Labute approximate surface area is 73.7 Å². The zero-order valence-electron chi connectivity index (χ0n) is 5.84. The molecule has 0 aliphatic rings. The lowest BCUT2D eigenvalue weighted by molar-refractivity contribution is 0.607. The summed E-state index contributed by atoms with van der Waals surface area (Å²) in [6.07, 6.45) is 1.07. The van der Waals surface area contributed by atoms with Crippen molar-refractivity contribution in [3.8, 4) is 0 Å². The fourth-order valence-electron chi connectivity index (χ4n) is 0.789. The average molecular weight is 251 g/mol. The minimum Gasteiger partial charge on any atom is -0.384 e. The third-order valence-electron chi connectivity index (χ3n) is 1.22. The standard InChI is InChI=1S/C6H10IN3/c1-2-3-10-6(8)4-5(7)9-10/h4H,2-3,8H2,1H3. The number of hydrogen-bond donors (Lipinski definition) is 1. The lowest BCUT2D eigenvalue weighted by Crippen LogP contribution is -2.03. The van der Waals surface area contributed by atoms with E-state index in [4.69, 9.17) is 5.73 Å². The van der Waals surface area contributed by atoms with E-state index in [1.807, 2.05) is 10.7 Å². The number of nitrogen functional groups attached to an aromatic ring is 1. The van der Waals surface area contributed by atoms with Crippen LogP contribution in [0.1, 0.15) is 13.3 Å². The Morgan fingerprint density at radius 1 is 1.80 bits per heavy atom. The lowest BCUT2D eigenvalue weighted by atomic mass is 10.5. The summed E-state index contributed by atoms with van der Waals surface area (Å²) in [5, 5.41) is 4.18. The van der Waals surface area contributed by atoms with Gasteiger partial charge in [-0.15, -0.1) is 0 Å². The predicted molar refractivity (Wildman–Crippen MR) is 49.6 cm³/mol. The van der Waals surface area contributed by atoms with Crippen LogP contribution in [-0.4, -0.2) is 9.78 Å². The van der Waals surface area contributed by atoms with Gasteiger partial charge in [-0.25, -0.2) is 4.68 Å². The molecule has 1 aromatic heterocycles. The van der Waals surface area contributed by atoms with Gasteiger partial charge in [-0.3, -0.25) is 0 Å². The largest absolute Gasteiger partial charge is 0.384 e. The van der Waals surface area contributed by atoms with Crippen LogP contribution in [0.15, 0.2) is 6.07 Å². The molecule has 56 valence electrons. The number of nitrogens with two attached hydrogens (primary N) is 1. The molecule has 10 heavy (non-hydrogen) atoms. The minimum atomic E-state index is 0.756. The number of nitrogens with zero attached hydrogens (tertiary/aromatic N) is 2. The van der Waals surface area contributed by atoms with E-state index in [1.165, 1.54) is 0 Å². The first-order chi connectivity index (χ1) is 4.74. The summed E-state index contributed by atoms with van der Waals surface area (Å²) in [5.41, 5.74) is 5.62. The van der Waals surface area contributed by atoms with Crippen LogP contribution in [0.2, 0.25) is 0 Å². The summed E-state index contributed by atoms with van der Waals surface area (Å²) in [6.45, 7) is 3.02. The predicted octanol–water partition coefficient (Wildman–Crippen LogP) is 1.48. The van der Waals surface area contributed by atoms with Gasteiger partial charge >= 0.3 is 0 Å². The van der Waals surface area contributed by atoms with Gasteiger partial charge < -0.3 is 5.73 Å². The Morgan fingerprint density at radius 3 is 2.90 bits per heavy atom. The van der Waals surface area contributed by atoms with Gasteiger partial charge in [0.05, 0.1) is 0 Å². The van der Waals surface area contributed by atoms with Crippen molar-refractivity contribution < 1.29 is 0 Å². The zero-order chi connectivity index (χ0) is 7.56. The monoisotopic (exact) mass is 251 g/mol. The molecular formula is C6H10IN3. The molecule has 0 amide bonds. The van der Waals surface area contributed by atoms with E-state index in [0.717, 1.165) is 22.5 Å². The summed E-state index contributed by atoms with van der Waals surface area (Å²) in [5.74, 6) is 0.756. The van der Waals surface area contributed by atoms with Crippen LogP contribution in [0.4, 0.5) is 5.82 Å². The number of halogens is 1. The van der Waals surface area contributed by atoms with Crippen LogP contribution in [0.5, 0.6) is 0 Å². The van der Waals surface area contributed by atoms with E-state index >= 15 is 0 Å². The Balaban J connectivity index is 2.81. The number of aromatic nitrogens is 2. The molecule has 0 aliphatic carbocycles. The summed E-state index contributed by atoms with van der Waals surface area (Å²) >= 11 is 2.15. The smallest absolute Gasteiger partial charge is 0.125 e. The second-order valence-corrected chi connectivity index (χ2v) is 3.22. The van der Waals surface area contributed by atoms with E-state index in [1.54, 1.807) is 0 Å². The molecule has 0 radical (unpaired) electrons. The number of aryl methyl sites for hydroxylation is 1. The second-order valence-electron chi connectivity index (χ2n) is 2.12. The van der Waals surface area contributed by atoms with Crippen LogP contribution < -0.4 is 5.73 Å². The topological polar surface area (TPSA) is 43.8 Å². The highest BCUT2D eigenvalue weighted by atomic mass is 127. The number of hydrogen-bond acceptors (Lipinski definition) is 2. The van der Waals surface area contributed by atoms with Crippen LogP contribution >= 0.6 is 22.6 Å². The second kappa shape index (κ2) is 3.23. The molecule has 0 aliphatic heterocycles. The average Bonchev–Trinajstić information content (AvgIpc) is 2.13. The van der Waals surface area contributed by atoms with Crippen LogP contribution in [-0.2, 0) is 6.54 Å². The fourth-order valence-corrected chi connectivity index (χ4v) is 1.37. The molecule has 3 nitrogen and oxygen atoms in total. The SMILES string of the molecule is CCCn1nc(I)cc1N. The van der Waals surface area contributed by atoms with Crippen molar-refractivity contribution in [2.24, 2.45) is 0 Å². The molecule has 1 rings (SSSR count). The van der Waals surface area contributed by atoms with Gasteiger partial charge in [0.2, 0.25) is 0 Å². The van der Waals surface area contributed by atoms with Crippen molar-refractivity contribution >= 4 is 28.4 Å². The maximum atomic E-state index is 5.62. The quantitative estimate of drug-likeness (QED) is 0.809. The molecule has 0 spiro atoms. The van der Waals surface area contributed by atoms with Crippen molar-refractivity contribution in [2.75, 3.05) is 5.73 Å². The molecule has 0 saturated heterocycles. The zero-order valence-corrected chi connectivity index (χ0v) is 8.00. The third-order valence-corrected chi connectivity index (χ3v) is 1.74. The first-order valence-electron chi connectivity index (χ1n) is 3.23. The van der Waals surface area contributed by atoms with E-state index in [2.05, 4.69) is 34.6 Å². The summed E-state index contributed by atoms with van der Waals surface area (Å²) in [7, 11) is 0. The minimum absolute atomic E-state index is 0.756.